The highest BCUT2D eigenvalue weighted by atomic mass is 127. The predicted octanol–water partition coefficient (Wildman–Crippen LogP) is 5.46. The Morgan fingerprint density at radius 1 is 1.44 bits per heavy atom. The molecule has 3 heteroatoms. The van der Waals surface area contributed by atoms with Crippen LogP contribution < -0.4 is 5.32 Å². The fraction of sp³-hybridized carbons (Fsp3) is 0.467. The molecule has 18 heavy (non-hydrogen) atoms. The van der Waals surface area contributed by atoms with Crippen molar-refractivity contribution in [1.82, 2.24) is 0 Å². The zero-order chi connectivity index (χ0) is 13.1. The lowest BCUT2D eigenvalue weighted by molar-refractivity contribution is 0.421. The van der Waals surface area contributed by atoms with Crippen molar-refractivity contribution in [1.29, 1.82) is 0 Å². The first kappa shape index (κ1) is 14.4. The first-order valence-electron chi connectivity index (χ1n) is 6.41. The Bertz CT molecular complexity index is 456. The van der Waals surface area contributed by atoms with Crippen LogP contribution in [0.4, 0.5) is 5.69 Å². The monoisotopic (exact) mass is 419 g/mol. The van der Waals surface area contributed by atoms with Crippen LogP contribution in [-0.2, 0) is 0 Å². The molecule has 0 bridgehead atoms. The van der Waals surface area contributed by atoms with E-state index in [0.717, 1.165) is 18.4 Å². The highest BCUT2D eigenvalue weighted by Gasteiger charge is 2.17. The Kier molecular flexibility index (Phi) is 5.13. The summed E-state index contributed by atoms with van der Waals surface area (Å²) in [6.45, 7) is 5.65. The number of hydrogen-bond acceptors (Lipinski definition) is 1. The molecule has 0 radical (unpaired) electrons. The van der Waals surface area contributed by atoms with E-state index < -0.39 is 0 Å². The summed E-state index contributed by atoms with van der Waals surface area (Å²) in [4.78, 5) is 0. The molecule has 1 N–H and O–H groups in total. The fourth-order valence-corrected chi connectivity index (χ4v) is 3.47. The Morgan fingerprint density at radius 3 is 2.89 bits per heavy atom. The van der Waals surface area contributed by atoms with Crippen LogP contribution in [0.1, 0.15) is 26.7 Å². The van der Waals surface area contributed by atoms with Gasteiger partial charge < -0.3 is 5.32 Å². The summed E-state index contributed by atoms with van der Waals surface area (Å²) in [5, 5.41) is 3.57. The predicted molar refractivity (Wildman–Crippen MR) is 91.0 cm³/mol. The second-order valence-electron chi connectivity index (χ2n) is 5.31. The third-order valence-electron chi connectivity index (χ3n) is 3.40. The maximum Gasteiger partial charge on any atom is 0.0351 e. The number of benzene rings is 1. The number of rotatable bonds is 3. The molecule has 2 unspecified atom stereocenters. The third kappa shape index (κ3) is 3.98. The molecule has 1 aromatic carbocycles. The Labute approximate surface area is 132 Å². The normalized spacial score (nSPS) is 23.7. The lowest BCUT2D eigenvalue weighted by atomic mass is 9.84. The summed E-state index contributed by atoms with van der Waals surface area (Å²) in [6, 6.07) is 6.44. The minimum Gasteiger partial charge on any atom is -0.385 e. The molecular formula is C15H19BrIN. The van der Waals surface area contributed by atoms with Gasteiger partial charge in [0.2, 0.25) is 0 Å². The van der Waals surface area contributed by atoms with Crippen LogP contribution in [0.3, 0.4) is 0 Å². The van der Waals surface area contributed by atoms with Crippen LogP contribution in [0.5, 0.6) is 0 Å². The van der Waals surface area contributed by atoms with Crippen molar-refractivity contribution in [3.63, 3.8) is 0 Å². The molecule has 2 atom stereocenters. The Balaban J connectivity index is 1.92. The summed E-state index contributed by atoms with van der Waals surface area (Å²) < 4.78 is 2.42. The molecule has 2 rings (SSSR count). The van der Waals surface area contributed by atoms with E-state index in [1.807, 2.05) is 0 Å². The van der Waals surface area contributed by atoms with Gasteiger partial charge in [0.1, 0.15) is 0 Å². The van der Waals surface area contributed by atoms with E-state index in [2.05, 4.69) is 82.0 Å². The molecule has 1 nitrogen and oxygen atoms in total. The van der Waals surface area contributed by atoms with Crippen LogP contribution in [0.25, 0.3) is 0 Å². The zero-order valence-corrected chi connectivity index (χ0v) is 14.6. The van der Waals surface area contributed by atoms with Gasteiger partial charge in [0, 0.05) is 20.3 Å². The van der Waals surface area contributed by atoms with E-state index in [-0.39, 0.29) is 0 Å². The summed E-state index contributed by atoms with van der Waals surface area (Å²) in [6.07, 6.45) is 4.96. The van der Waals surface area contributed by atoms with Crippen LogP contribution in [0.2, 0.25) is 0 Å². The van der Waals surface area contributed by atoms with Crippen molar-refractivity contribution in [2.24, 2.45) is 11.8 Å². The largest absolute Gasteiger partial charge is 0.385 e. The maximum absolute atomic E-state index is 3.57. The van der Waals surface area contributed by atoms with E-state index in [0.29, 0.717) is 0 Å². The molecule has 1 aromatic rings. The lowest BCUT2D eigenvalue weighted by Crippen LogP contribution is -2.20. The molecule has 0 aliphatic heterocycles. The maximum atomic E-state index is 3.57. The summed E-state index contributed by atoms with van der Waals surface area (Å²) in [7, 11) is 0. The molecule has 0 saturated heterocycles. The Morgan fingerprint density at radius 2 is 2.22 bits per heavy atom. The summed E-state index contributed by atoms with van der Waals surface area (Å²) >= 11 is 5.88. The van der Waals surface area contributed by atoms with Crippen molar-refractivity contribution >= 4 is 44.2 Å². The van der Waals surface area contributed by atoms with Crippen LogP contribution in [0.15, 0.2) is 34.3 Å². The number of allylic oxidation sites excluding steroid dienone is 2. The highest BCUT2D eigenvalue weighted by Crippen LogP contribution is 2.28. The van der Waals surface area contributed by atoms with E-state index in [4.69, 9.17) is 0 Å². The lowest BCUT2D eigenvalue weighted by Gasteiger charge is -2.26. The number of halogens is 2. The molecule has 98 valence electrons. The van der Waals surface area contributed by atoms with E-state index >= 15 is 0 Å². The fourth-order valence-electron chi connectivity index (χ4n) is 2.71. The first-order chi connectivity index (χ1) is 8.54. The van der Waals surface area contributed by atoms with Crippen molar-refractivity contribution in [3.8, 4) is 0 Å². The van der Waals surface area contributed by atoms with Gasteiger partial charge in [0.15, 0.2) is 0 Å². The first-order valence-corrected chi connectivity index (χ1v) is 8.28. The van der Waals surface area contributed by atoms with Gasteiger partial charge in [-0.2, -0.15) is 0 Å². The average Bonchev–Trinajstić information content (AvgIpc) is 2.29. The molecule has 0 saturated carbocycles. The van der Waals surface area contributed by atoms with Gasteiger partial charge in [-0.1, -0.05) is 18.6 Å². The second-order valence-corrected chi connectivity index (χ2v) is 7.32. The van der Waals surface area contributed by atoms with Crippen molar-refractivity contribution in [2.45, 2.75) is 26.7 Å². The molecule has 1 aliphatic rings. The van der Waals surface area contributed by atoms with Gasteiger partial charge in [0.25, 0.3) is 0 Å². The molecule has 0 aromatic heterocycles. The number of hydrogen-bond donors (Lipinski definition) is 1. The molecule has 0 heterocycles. The van der Waals surface area contributed by atoms with Gasteiger partial charge in [0.05, 0.1) is 0 Å². The van der Waals surface area contributed by atoms with Crippen LogP contribution in [0, 0.1) is 15.4 Å². The molecule has 0 amide bonds. The smallest absolute Gasteiger partial charge is 0.0351 e. The van der Waals surface area contributed by atoms with Crippen molar-refractivity contribution in [3.05, 3.63) is 37.9 Å². The third-order valence-corrected chi connectivity index (χ3v) is 5.72. The SMILES string of the molecule is CC1=CC(C)CC(CNc2ccc(Br)c(I)c2)C1. The summed E-state index contributed by atoms with van der Waals surface area (Å²) in [5.74, 6) is 1.50. The molecule has 1 aliphatic carbocycles. The number of nitrogens with one attached hydrogen (secondary N) is 1. The van der Waals surface area contributed by atoms with Gasteiger partial charge >= 0.3 is 0 Å². The molecule has 0 spiro atoms. The molecular weight excluding hydrogens is 401 g/mol. The topological polar surface area (TPSA) is 12.0 Å². The van der Waals surface area contributed by atoms with Gasteiger partial charge in [-0.15, -0.1) is 0 Å². The zero-order valence-electron chi connectivity index (χ0n) is 10.8. The minimum absolute atomic E-state index is 0.732. The standard InChI is InChI=1S/C15H19BrIN/c1-10-5-11(2)7-12(6-10)9-18-13-3-4-14(16)15(17)8-13/h3-5,8,10,12,18H,6-7,9H2,1-2H3. The average molecular weight is 420 g/mol. The van der Waals surface area contributed by atoms with Gasteiger partial charge in [-0.05, 0) is 88.3 Å². The van der Waals surface area contributed by atoms with Crippen molar-refractivity contribution in [2.75, 3.05) is 11.9 Å². The molecule has 0 fully saturated rings. The second kappa shape index (κ2) is 6.42. The van der Waals surface area contributed by atoms with Gasteiger partial charge in [-0.25, -0.2) is 0 Å². The summed E-state index contributed by atoms with van der Waals surface area (Å²) in [5.41, 5.74) is 2.77. The van der Waals surface area contributed by atoms with Gasteiger partial charge in [-0.3, -0.25) is 0 Å². The minimum atomic E-state index is 0.732. The van der Waals surface area contributed by atoms with Crippen molar-refractivity contribution < 1.29 is 0 Å². The quantitative estimate of drug-likeness (QED) is 0.506. The van der Waals surface area contributed by atoms with Crippen LogP contribution in [-0.4, -0.2) is 6.54 Å². The highest BCUT2D eigenvalue weighted by molar-refractivity contribution is 14.1. The van der Waals surface area contributed by atoms with Crippen LogP contribution >= 0.6 is 38.5 Å². The van der Waals surface area contributed by atoms with E-state index in [1.165, 1.54) is 26.6 Å². The van der Waals surface area contributed by atoms with E-state index in [9.17, 15) is 0 Å². The Hall–Kier alpha value is -0.0300. The van der Waals surface area contributed by atoms with E-state index in [1.54, 1.807) is 5.57 Å². The number of anilines is 1.